The standard InChI is InChI=1S/C16H30N4O/c1-5-17-14(4)10-8-9-11-20-16(21)12-15(13-18-20)19(6-2)7-3/h12-14,17H,5-11H2,1-4H3. The van der Waals surface area contributed by atoms with Gasteiger partial charge in [-0.2, -0.15) is 5.10 Å². The molecule has 21 heavy (non-hydrogen) atoms. The first-order valence-electron chi connectivity index (χ1n) is 8.17. The Morgan fingerprint density at radius 3 is 2.57 bits per heavy atom. The van der Waals surface area contributed by atoms with Gasteiger partial charge in [-0.15, -0.1) is 0 Å². The van der Waals surface area contributed by atoms with Crippen LogP contribution in [0.5, 0.6) is 0 Å². The van der Waals surface area contributed by atoms with E-state index in [0.717, 1.165) is 44.6 Å². The maximum absolute atomic E-state index is 12.1. The second-order valence-electron chi connectivity index (χ2n) is 5.40. The molecule has 1 N–H and O–H groups in total. The van der Waals surface area contributed by atoms with E-state index in [1.807, 2.05) is 0 Å². The summed E-state index contributed by atoms with van der Waals surface area (Å²) < 4.78 is 1.57. The normalized spacial score (nSPS) is 12.4. The van der Waals surface area contributed by atoms with Crippen molar-refractivity contribution in [2.24, 2.45) is 0 Å². The molecule has 1 heterocycles. The largest absolute Gasteiger partial charge is 0.371 e. The van der Waals surface area contributed by atoms with E-state index in [4.69, 9.17) is 0 Å². The zero-order chi connectivity index (χ0) is 15.7. The Bertz CT molecular complexity index is 454. The number of nitrogens with one attached hydrogen (secondary N) is 1. The molecule has 1 aromatic heterocycles. The smallest absolute Gasteiger partial charge is 0.268 e. The lowest BCUT2D eigenvalue weighted by Gasteiger charge is -2.20. The fraction of sp³-hybridized carbons (Fsp3) is 0.750. The van der Waals surface area contributed by atoms with Crippen molar-refractivity contribution < 1.29 is 0 Å². The number of hydrogen-bond acceptors (Lipinski definition) is 4. The first-order valence-corrected chi connectivity index (χ1v) is 8.17. The predicted molar refractivity (Wildman–Crippen MR) is 89.0 cm³/mol. The third-order valence-corrected chi connectivity index (χ3v) is 3.79. The molecule has 0 aliphatic carbocycles. The van der Waals surface area contributed by atoms with Crippen LogP contribution in [0.3, 0.4) is 0 Å². The zero-order valence-corrected chi connectivity index (χ0v) is 13.9. The van der Waals surface area contributed by atoms with Gasteiger partial charge >= 0.3 is 0 Å². The van der Waals surface area contributed by atoms with Gasteiger partial charge in [0.1, 0.15) is 0 Å². The fourth-order valence-electron chi connectivity index (χ4n) is 2.52. The summed E-state index contributed by atoms with van der Waals surface area (Å²) in [7, 11) is 0. The molecule has 1 atom stereocenters. The van der Waals surface area contributed by atoms with E-state index in [-0.39, 0.29) is 5.56 Å². The van der Waals surface area contributed by atoms with Crippen LogP contribution >= 0.6 is 0 Å². The molecule has 0 aromatic carbocycles. The molecule has 5 nitrogen and oxygen atoms in total. The minimum absolute atomic E-state index is 0.000804. The highest BCUT2D eigenvalue weighted by Gasteiger charge is 2.05. The number of rotatable bonds is 10. The van der Waals surface area contributed by atoms with Crippen LogP contribution < -0.4 is 15.8 Å². The predicted octanol–water partition coefficient (Wildman–Crippen LogP) is 2.26. The van der Waals surface area contributed by atoms with Crippen molar-refractivity contribution in [2.45, 2.75) is 59.5 Å². The van der Waals surface area contributed by atoms with Crippen LogP contribution in [0.4, 0.5) is 5.69 Å². The van der Waals surface area contributed by atoms with Crippen LogP contribution in [0, 0.1) is 0 Å². The first-order chi connectivity index (χ1) is 10.1. The third-order valence-electron chi connectivity index (χ3n) is 3.79. The highest BCUT2D eigenvalue weighted by atomic mass is 16.1. The van der Waals surface area contributed by atoms with Gasteiger partial charge < -0.3 is 10.2 Å². The molecule has 0 fully saturated rings. The molecule has 0 amide bonds. The first kappa shape index (κ1) is 17.7. The molecular weight excluding hydrogens is 264 g/mol. The van der Waals surface area contributed by atoms with E-state index in [1.165, 1.54) is 0 Å². The summed E-state index contributed by atoms with van der Waals surface area (Å²) in [5, 5.41) is 7.69. The maximum atomic E-state index is 12.1. The Morgan fingerprint density at radius 2 is 2.00 bits per heavy atom. The molecule has 0 saturated heterocycles. The van der Waals surface area contributed by atoms with E-state index >= 15 is 0 Å². The van der Waals surface area contributed by atoms with Gasteiger partial charge in [-0.05, 0) is 40.2 Å². The molecule has 1 aromatic rings. The quantitative estimate of drug-likeness (QED) is 0.673. The van der Waals surface area contributed by atoms with Crippen LogP contribution in [0.1, 0.15) is 47.0 Å². The minimum atomic E-state index is -0.000804. The van der Waals surface area contributed by atoms with Crippen LogP contribution in [0.25, 0.3) is 0 Å². The topological polar surface area (TPSA) is 50.2 Å². The van der Waals surface area contributed by atoms with Gasteiger partial charge in [0.2, 0.25) is 0 Å². The van der Waals surface area contributed by atoms with Crippen LogP contribution in [-0.2, 0) is 6.54 Å². The van der Waals surface area contributed by atoms with Crippen LogP contribution in [0.15, 0.2) is 17.1 Å². The average Bonchev–Trinajstić information content (AvgIpc) is 2.47. The van der Waals surface area contributed by atoms with Gasteiger partial charge in [-0.1, -0.05) is 13.3 Å². The highest BCUT2D eigenvalue weighted by Crippen LogP contribution is 2.08. The molecule has 0 aliphatic heterocycles. The third kappa shape index (κ3) is 5.87. The number of anilines is 1. The van der Waals surface area contributed by atoms with E-state index in [9.17, 15) is 4.79 Å². The molecule has 0 spiro atoms. The van der Waals surface area contributed by atoms with Crippen molar-refractivity contribution >= 4 is 5.69 Å². The molecule has 0 saturated carbocycles. The van der Waals surface area contributed by atoms with E-state index < -0.39 is 0 Å². The number of unbranched alkanes of at least 4 members (excludes halogenated alkanes) is 1. The Morgan fingerprint density at radius 1 is 1.29 bits per heavy atom. The number of aryl methyl sites for hydroxylation is 1. The van der Waals surface area contributed by atoms with Crippen molar-refractivity contribution in [1.29, 1.82) is 0 Å². The van der Waals surface area contributed by atoms with Crippen LogP contribution in [0.2, 0.25) is 0 Å². The van der Waals surface area contributed by atoms with Gasteiger partial charge in [0.25, 0.3) is 5.56 Å². The Hall–Kier alpha value is -1.36. The van der Waals surface area contributed by atoms with Crippen molar-refractivity contribution in [1.82, 2.24) is 15.1 Å². The van der Waals surface area contributed by atoms with Crippen molar-refractivity contribution in [3.63, 3.8) is 0 Å². The lowest BCUT2D eigenvalue weighted by atomic mass is 10.1. The zero-order valence-electron chi connectivity index (χ0n) is 13.9. The van der Waals surface area contributed by atoms with E-state index in [2.05, 4.69) is 43.0 Å². The Labute approximate surface area is 128 Å². The van der Waals surface area contributed by atoms with Gasteiger partial charge in [0, 0.05) is 31.7 Å². The van der Waals surface area contributed by atoms with Crippen LogP contribution in [-0.4, -0.2) is 35.5 Å². The van der Waals surface area contributed by atoms with Gasteiger partial charge in [0.05, 0.1) is 11.9 Å². The molecule has 0 radical (unpaired) electrons. The van der Waals surface area contributed by atoms with Gasteiger partial charge in [-0.3, -0.25) is 4.79 Å². The summed E-state index contributed by atoms with van der Waals surface area (Å²) in [4.78, 5) is 14.2. The minimum Gasteiger partial charge on any atom is -0.371 e. The average molecular weight is 294 g/mol. The van der Waals surface area contributed by atoms with Crippen molar-refractivity contribution in [3.8, 4) is 0 Å². The molecule has 5 heteroatoms. The van der Waals surface area contributed by atoms with Crippen molar-refractivity contribution in [2.75, 3.05) is 24.5 Å². The summed E-state index contributed by atoms with van der Waals surface area (Å²) in [5.74, 6) is 0. The SMILES string of the molecule is CCNC(C)CCCCn1ncc(N(CC)CC)cc1=O. The van der Waals surface area contributed by atoms with Gasteiger partial charge in [0.15, 0.2) is 0 Å². The molecule has 1 unspecified atom stereocenters. The summed E-state index contributed by atoms with van der Waals surface area (Å²) >= 11 is 0. The molecule has 0 bridgehead atoms. The summed E-state index contributed by atoms with van der Waals surface area (Å²) in [6.07, 6.45) is 5.04. The second kappa shape index (κ2) is 9.55. The van der Waals surface area contributed by atoms with E-state index in [1.54, 1.807) is 16.9 Å². The summed E-state index contributed by atoms with van der Waals surface area (Å²) in [6, 6.07) is 2.24. The van der Waals surface area contributed by atoms with Gasteiger partial charge in [-0.25, -0.2) is 4.68 Å². The Balaban J connectivity index is 2.48. The molecule has 120 valence electrons. The molecular formula is C16H30N4O. The lowest BCUT2D eigenvalue weighted by Crippen LogP contribution is -2.28. The number of aromatic nitrogens is 2. The summed E-state index contributed by atoms with van der Waals surface area (Å²) in [6.45, 7) is 12.0. The molecule has 1 rings (SSSR count). The number of nitrogens with zero attached hydrogens (tertiary/aromatic N) is 3. The maximum Gasteiger partial charge on any atom is 0.268 e. The van der Waals surface area contributed by atoms with E-state index in [0.29, 0.717) is 12.6 Å². The van der Waals surface area contributed by atoms with Crippen molar-refractivity contribution in [3.05, 3.63) is 22.6 Å². The highest BCUT2D eigenvalue weighted by molar-refractivity contribution is 5.42. The molecule has 0 aliphatic rings. The second-order valence-corrected chi connectivity index (χ2v) is 5.40. The monoisotopic (exact) mass is 294 g/mol. The number of hydrogen-bond donors (Lipinski definition) is 1. The Kier molecular flexibility index (Phi) is 8.05. The lowest BCUT2D eigenvalue weighted by molar-refractivity contribution is 0.467. The summed E-state index contributed by atoms with van der Waals surface area (Å²) in [5.41, 5.74) is 0.918. The fourth-order valence-corrected chi connectivity index (χ4v) is 2.52.